The molecule has 28 heavy (non-hydrogen) atoms. The molecule has 0 bridgehead atoms. The number of hydrogen-bond donors (Lipinski definition) is 0. The molecule has 0 spiro atoms. The first-order valence-corrected chi connectivity index (χ1v) is 17.5. The summed E-state index contributed by atoms with van der Waals surface area (Å²) in [5, 5.41) is 0.0536. The van der Waals surface area contributed by atoms with Crippen LogP contribution < -0.4 is 0 Å². The Bertz CT molecular complexity index is 474. The normalized spacial score (nSPS) is 13.7. The van der Waals surface area contributed by atoms with Gasteiger partial charge in [-0.25, -0.2) is 0 Å². The monoisotopic (exact) mass is 430 g/mol. The highest BCUT2D eigenvalue weighted by atomic mass is 28.4. The van der Waals surface area contributed by atoms with E-state index >= 15 is 0 Å². The Hall–Kier alpha value is -0.436. The van der Waals surface area contributed by atoms with Crippen molar-refractivity contribution in [2.75, 3.05) is 26.4 Å². The third kappa shape index (κ3) is 13.7. The Labute approximate surface area is 176 Å². The van der Waals surface area contributed by atoms with Gasteiger partial charge < -0.3 is 13.9 Å². The second-order valence-electron chi connectivity index (χ2n) is 10.3. The van der Waals surface area contributed by atoms with Gasteiger partial charge in [0.05, 0.1) is 13.2 Å². The van der Waals surface area contributed by atoms with E-state index in [1.54, 1.807) is 0 Å². The van der Waals surface area contributed by atoms with Crippen LogP contribution in [0.4, 0.5) is 0 Å². The maximum absolute atomic E-state index is 12.4. The average molecular weight is 431 g/mol. The molecule has 0 heterocycles. The van der Waals surface area contributed by atoms with Crippen LogP contribution in [0.3, 0.4) is 0 Å². The minimum absolute atomic E-state index is 0.0431. The van der Waals surface area contributed by atoms with Gasteiger partial charge in [-0.05, 0) is 50.4 Å². The summed E-state index contributed by atoms with van der Waals surface area (Å²) < 4.78 is 16.8. The number of hydrogen-bond acceptors (Lipinski definition) is 4. The van der Waals surface area contributed by atoms with Crippen LogP contribution in [0, 0.1) is 0 Å². The Morgan fingerprint density at radius 2 is 1.50 bits per heavy atom. The molecule has 4 nitrogen and oxygen atoms in total. The first-order valence-electron chi connectivity index (χ1n) is 10.8. The summed E-state index contributed by atoms with van der Waals surface area (Å²) in [7, 11) is -3.17. The van der Waals surface area contributed by atoms with Crippen LogP contribution in [0.1, 0.15) is 53.4 Å². The van der Waals surface area contributed by atoms with E-state index in [0.717, 1.165) is 38.5 Å². The summed E-state index contributed by atoms with van der Waals surface area (Å²) in [4.78, 5) is 12.4. The SMILES string of the molecule is CCOCCOCCC/C(=C\C[Si](C)(C)C)CCC(=O)O[Si](C)(C)C(C)(C)C. The molecule has 0 aromatic carbocycles. The molecule has 6 heteroatoms. The van der Waals surface area contributed by atoms with Gasteiger partial charge in [0.15, 0.2) is 0 Å². The molecule has 0 saturated heterocycles. The van der Waals surface area contributed by atoms with Gasteiger partial charge in [-0.1, -0.05) is 52.1 Å². The molecule has 0 aliphatic rings. The molecule has 0 fully saturated rings. The lowest BCUT2D eigenvalue weighted by Gasteiger charge is -2.35. The Morgan fingerprint density at radius 3 is 2.04 bits per heavy atom. The van der Waals surface area contributed by atoms with Crippen LogP contribution in [-0.2, 0) is 18.7 Å². The van der Waals surface area contributed by atoms with Crippen molar-refractivity contribution in [3.05, 3.63) is 11.6 Å². The third-order valence-corrected chi connectivity index (χ3v) is 11.0. The molecule has 166 valence electrons. The number of rotatable bonds is 14. The third-order valence-electron chi connectivity index (χ3n) is 5.19. The minimum Gasteiger partial charge on any atom is -0.519 e. The van der Waals surface area contributed by atoms with E-state index in [-0.39, 0.29) is 11.0 Å². The van der Waals surface area contributed by atoms with E-state index in [9.17, 15) is 4.79 Å². The predicted molar refractivity (Wildman–Crippen MR) is 125 cm³/mol. The molecule has 0 aromatic rings. The fourth-order valence-corrected chi connectivity index (χ4v) is 4.17. The fraction of sp³-hybridized carbons (Fsp3) is 0.864. The summed E-state index contributed by atoms with van der Waals surface area (Å²) in [6, 6.07) is 1.16. The van der Waals surface area contributed by atoms with E-state index in [2.05, 4.69) is 59.6 Å². The molecular formula is C22H46O4Si2. The zero-order valence-electron chi connectivity index (χ0n) is 20.1. The van der Waals surface area contributed by atoms with Crippen molar-refractivity contribution in [3.8, 4) is 0 Å². The molecule has 0 rings (SSSR count). The summed E-state index contributed by atoms with van der Waals surface area (Å²) in [5.74, 6) is -0.0431. The first kappa shape index (κ1) is 27.6. The van der Waals surface area contributed by atoms with Crippen molar-refractivity contribution in [1.29, 1.82) is 0 Å². The zero-order valence-corrected chi connectivity index (χ0v) is 22.1. The highest BCUT2D eigenvalue weighted by Gasteiger charge is 2.40. The van der Waals surface area contributed by atoms with Gasteiger partial charge in [0.1, 0.15) is 0 Å². The number of ether oxygens (including phenoxy) is 2. The van der Waals surface area contributed by atoms with Crippen LogP contribution in [0.15, 0.2) is 11.6 Å². The second kappa shape index (κ2) is 13.0. The lowest BCUT2D eigenvalue weighted by Crippen LogP contribution is -2.42. The van der Waals surface area contributed by atoms with E-state index in [1.165, 1.54) is 5.57 Å². The van der Waals surface area contributed by atoms with Crippen molar-refractivity contribution in [3.63, 3.8) is 0 Å². The second-order valence-corrected chi connectivity index (χ2v) is 20.5. The highest BCUT2D eigenvalue weighted by Crippen LogP contribution is 2.37. The van der Waals surface area contributed by atoms with Gasteiger partial charge in [-0.15, -0.1) is 0 Å². The van der Waals surface area contributed by atoms with Crippen LogP contribution >= 0.6 is 0 Å². The van der Waals surface area contributed by atoms with Crippen LogP contribution in [-0.4, -0.2) is 48.8 Å². The lowest BCUT2D eigenvalue weighted by atomic mass is 10.1. The van der Waals surface area contributed by atoms with Gasteiger partial charge in [0, 0.05) is 27.7 Å². The van der Waals surface area contributed by atoms with E-state index in [4.69, 9.17) is 13.9 Å². The van der Waals surface area contributed by atoms with Gasteiger partial charge in [0.25, 0.3) is 14.3 Å². The van der Waals surface area contributed by atoms with Crippen LogP contribution in [0.25, 0.3) is 0 Å². The van der Waals surface area contributed by atoms with E-state index < -0.39 is 16.4 Å². The molecule has 0 atom stereocenters. The molecule has 0 amide bonds. The van der Waals surface area contributed by atoms with Crippen LogP contribution in [0.2, 0.25) is 43.8 Å². The van der Waals surface area contributed by atoms with Crippen molar-refractivity contribution in [1.82, 2.24) is 0 Å². The summed E-state index contributed by atoms with van der Waals surface area (Å²) in [5.41, 5.74) is 1.38. The summed E-state index contributed by atoms with van der Waals surface area (Å²) >= 11 is 0. The molecule has 0 saturated carbocycles. The standard InChI is InChI=1S/C22H46O4Si2/c1-10-24-17-18-25-16-11-12-20(15-19-27(5,6)7)13-14-21(23)26-28(8,9)22(2,3)4/h15H,10-14,16-19H2,1-9H3/b20-15+. The molecule has 0 N–H and O–H groups in total. The van der Waals surface area contributed by atoms with Crippen molar-refractivity contribution >= 4 is 22.4 Å². The zero-order chi connectivity index (χ0) is 21.8. The fourth-order valence-electron chi connectivity index (χ4n) is 2.30. The minimum atomic E-state index is -2.03. The molecule has 0 aromatic heterocycles. The van der Waals surface area contributed by atoms with Crippen molar-refractivity contribution in [2.24, 2.45) is 0 Å². The number of carbonyl (C=O) groups excluding carboxylic acids is 1. The lowest BCUT2D eigenvalue weighted by molar-refractivity contribution is -0.135. The quantitative estimate of drug-likeness (QED) is 0.181. The average Bonchev–Trinajstić information content (AvgIpc) is 2.53. The number of allylic oxidation sites excluding steroid dienone is 2. The van der Waals surface area contributed by atoms with E-state index in [0.29, 0.717) is 19.6 Å². The van der Waals surface area contributed by atoms with Crippen molar-refractivity contribution in [2.45, 2.75) is 97.2 Å². The van der Waals surface area contributed by atoms with Gasteiger partial charge in [-0.3, -0.25) is 4.79 Å². The van der Waals surface area contributed by atoms with Gasteiger partial charge in [-0.2, -0.15) is 0 Å². The topological polar surface area (TPSA) is 44.8 Å². The van der Waals surface area contributed by atoms with Gasteiger partial charge in [0.2, 0.25) is 0 Å². The predicted octanol–water partition coefficient (Wildman–Crippen LogP) is 6.41. The Balaban J connectivity index is 4.55. The molecule has 0 aliphatic heterocycles. The Kier molecular flexibility index (Phi) is 12.8. The van der Waals surface area contributed by atoms with Gasteiger partial charge >= 0.3 is 0 Å². The number of carbonyl (C=O) groups is 1. The summed E-state index contributed by atoms with van der Waals surface area (Å²) in [6.45, 7) is 22.7. The largest absolute Gasteiger partial charge is 0.519 e. The van der Waals surface area contributed by atoms with E-state index in [1.807, 2.05) is 6.92 Å². The molecule has 0 unspecified atom stereocenters. The molecular weight excluding hydrogens is 384 g/mol. The maximum atomic E-state index is 12.4. The highest BCUT2D eigenvalue weighted by molar-refractivity contribution is 6.76. The molecule has 0 aliphatic carbocycles. The maximum Gasteiger partial charge on any atom is 0.292 e. The summed E-state index contributed by atoms with van der Waals surface area (Å²) in [6.07, 6.45) is 5.64. The molecule has 0 radical (unpaired) electrons. The first-order chi connectivity index (χ1) is 12.8. The smallest absolute Gasteiger partial charge is 0.292 e. The van der Waals surface area contributed by atoms with Crippen molar-refractivity contribution < 1.29 is 18.7 Å². The Morgan fingerprint density at radius 1 is 0.893 bits per heavy atom. The van der Waals surface area contributed by atoms with Crippen LogP contribution in [0.5, 0.6) is 0 Å².